The Balaban J connectivity index is 1.55. The molecule has 0 bridgehead atoms. The van der Waals surface area contributed by atoms with E-state index in [0.717, 1.165) is 41.2 Å². The van der Waals surface area contributed by atoms with Crippen molar-refractivity contribution in [1.82, 2.24) is 14.8 Å². The fourth-order valence-corrected chi connectivity index (χ4v) is 3.89. The zero-order valence-electron chi connectivity index (χ0n) is 18.3. The van der Waals surface area contributed by atoms with Gasteiger partial charge in [0.05, 0.1) is 5.75 Å². The van der Waals surface area contributed by atoms with Crippen molar-refractivity contribution in [2.45, 2.75) is 59.4 Å². The minimum absolute atomic E-state index is 0.0691. The van der Waals surface area contributed by atoms with Crippen molar-refractivity contribution >= 4 is 17.5 Å². The van der Waals surface area contributed by atoms with Gasteiger partial charge in [0.1, 0.15) is 5.75 Å². The highest BCUT2D eigenvalue weighted by atomic mass is 32.2. The predicted molar refractivity (Wildman–Crippen MR) is 118 cm³/mol. The fraction of sp³-hybridized carbons (Fsp3) is 0.435. The summed E-state index contributed by atoms with van der Waals surface area (Å²) in [4.78, 5) is 12.7. The van der Waals surface area contributed by atoms with Crippen LogP contribution in [0.5, 0.6) is 5.75 Å². The highest BCUT2D eigenvalue weighted by molar-refractivity contribution is 7.99. The number of hydrogen-bond acceptors (Lipinski definition) is 6. The lowest BCUT2D eigenvalue weighted by molar-refractivity contribution is 0.102. The third-order valence-corrected chi connectivity index (χ3v) is 5.75. The minimum Gasteiger partial charge on any atom is -0.484 e. The molecule has 0 saturated heterocycles. The van der Waals surface area contributed by atoms with Crippen molar-refractivity contribution in [3.05, 3.63) is 58.7 Å². The molecule has 0 saturated carbocycles. The van der Waals surface area contributed by atoms with E-state index in [-0.39, 0.29) is 18.1 Å². The third kappa shape index (κ3) is 5.75. The number of carbonyl (C=O) groups is 1. The van der Waals surface area contributed by atoms with Crippen LogP contribution in [0.25, 0.3) is 0 Å². The molecule has 160 valence electrons. The van der Waals surface area contributed by atoms with Gasteiger partial charge in [0, 0.05) is 23.5 Å². The highest BCUT2D eigenvalue weighted by Crippen LogP contribution is 2.23. The summed E-state index contributed by atoms with van der Waals surface area (Å²) in [7, 11) is 0. The SMILES string of the molecule is Cc1cccc(OCc2nnc(SCC(=O)c3cc(C)n(CCC(C)C)c3C)o2)c1. The summed E-state index contributed by atoms with van der Waals surface area (Å²) in [5.41, 5.74) is 4.04. The zero-order chi connectivity index (χ0) is 21.7. The minimum atomic E-state index is 0.0691. The Labute approximate surface area is 182 Å². The monoisotopic (exact) mass is 427 g/mol. The molecule has 30 heavy (non-hydrogen) atoms. The summed E-state index contributed by atoms with van der Waals surface area (Å²) in [5.74, 6) is 2.10. The Morgan fingerprint density at radius 3 is 2.73 bits per heavy atom. The van der Waals surface area contributed by atoms with Gasteiger partial charge in [-0.3, -0.25) is 4.79 Å². The summed E-state index contributed by atoms with van der Waals surface area (Å²) in [6.45, 7) is 11.6. The standard InChI is InChI=1S/C23H29N3O3S/c1-15(2)9-10-26-17(4)12-20(18(26)5)21(27)14-30-23-25-24-22(29-23)13-28-19-8-6-7-16(3)11-19/h6-8,11-12,15H,9-10,13-14H2,1-5H3. The van der Waals surface area contributed by atoms with Gasteiger partial charge < -0.3 is 13.7 Å². The van der Waals surface area contributed by atoms with Crippen molar-refractivity contribution in [2.24, 2.45) is 5.92 Å². The van der Waals surface area contributed by atoms with Crippen LogP contribution >= 0.6 is 11.8 Å². The van der Waals surface area contributed by atoms with E-state index in [1.54, 1.807) is 0 Å². The third-order valence-electron chi connectivity index (χ3n) is 4.93. The van der Waals surface area contributed by atoms with E-state index in [9.17, 15) is 4.79 Å². The van der Waals surface area contributed by atoms with Crippen molar-refractivity contribution < 1.29 is 13.9 Å². The number of aromatic nitrogens is 3. The molecule has 0 amide bonds. The number of aryl methyl sites for hydroxylation is 2. The highest BCUT2D eigenvalue weighted by Gasteiger charge is 2.17. The smallest absolute Gasteiger partial charge is 0.277 e. The maximum atomic E-state index is 12.7. The normalized spacial score (nSPS) is 11.3. The number of nitrogens with zero attached hydrogens (tertiary/aromatic N) is 3. The molecular formula is C23H29N3O3S. The van der Waals surface area contributed by atoms with E-state index in [4.69, 9.17) is 9.15 Å². The number of hydrogen-bond donors (Lipinski definition) is 0. The van der Waals surface area contributed by atoms with E-state index in [0.29, 0.717) is 17.0 Å². The number of rotatable bonds is 10. The van der Waals surface area contributed by atoms with Crippen molar-refractivity contribution in [3.8, 4) is 5.75 Å². The lowest BCUT2D eigenvalue weighted by Crippen LogP contribution is -2.08. The molecule has 6 nitrogen and oxygen atoms in total. The number of thioether (sulfide) groups is 1. The van der Waals surface area contributed by atoms with Gasteiger partial charge in [-0.1, -0.05) is 37.7 Å². The molecule has 1 aromatic carbocycles. The molecule has 0 aliphatic heterocycles. The van der Waals surface area contributed by atoms with Crippen LogP contribution in [0.4, 0.5) is 0 Å². The molecule has 7 heteroatoms. The van der Waals surface area contributed by atoms with E-state index in [2.05, 4.69) is 35.5 Å². The van der Waals surface area contributed by atoms with Crippen molar-refractivity contribution in [1.29, 1.82) is 0 Å². The number of ether oxygens (including phenoxy) is 1. The van der Waals surface area contributed by atoms with E-state index in [1.165, 1.54) is 11.8 Å². The first-order chi connectivity index (χ1) is 14.3. The Kier molecular flexibility index (Phi) is 7.37. The second-order valence-electron chi connectivity index (χ2n) is 7.90. The maximum Gasteiger partial charge on any atom is 0.277 e. The van der Waals surface area contributed by atoms with Crippen molar-refractivity contribution in [2.75, 3.05) is 5.75 Å². The topological polar surface area (TPSA) is 70.2 Å². The Morgan fingerprint density at radius 1 is 1.20 bits per heavy atom. The fourth-order valence-electron chi connectivity index (χ4n) is 3.22. The molecule has 0 aliphatic rings. The van der Waals surface area contributed by atoms with E-state index < -0.39 is 0 Å². The molecule has 0 aliphatic carbocycles. The molecule has 0 atom stereocenters. The van der Waals surface area contributed by atoms with Crippen LogP contribution in [0.2, 0.25) is 0 Å². The molecule has 0 radical (unpaired) electrons. The number of carbonyl (C=O) groups excluding carboxylic acids is 1. The van der Waals surface area contributed by atoms with Gasteiger partial charge in [-0.05, 0) is 56.9 Å². The summed E-state index contributed by atoms with van der Waals surface area (Å²) in [6.07, 6.45) is 1.09. The summed E-state index contributed by atoms with van der Waals surface area (Å²) in [6, 6.07) is 9.75. The molecule has 0 fully saturated rings. The quantitative estimate of drug-likeness (QED) is 0.319. The van der Waals surface area contributed by atoms with Gasteiger partial charge in [0.15, 0.2) is 12.4 Å². The van der Waals surface area contributed by atoms with Gasteiger partial charge >= 0.3 is 0 Å². The first-order valence-corrected chi connectivity index (χ1v) is 11.2. The average molecular weight is 428 g/mol. The summed E-state index contributed by atoms with van der Waals surface area (Å²) in [5, 5.41) is 8.39. The van der Waals surface area contributed by atoms with Gasteiger partial charge in [-0.2, -0.15) is 0 Å². The van der Waals surface area contributed by atoms with Gasteiger partial charge in [-0.15, -0.1) is 10.2 Å². The first-order valence-electron chi connectivity index (χ1n) is 10.2. The molecule has 0 unspecified atom stereocenters. The number of ketones is 1. The largest absolute Gasteiger partial charge is 0.484 e. The number of Topliss-reactive ketones (excluding diaryl/α,β-unsaturated/α-hetero) is 1. The van der Waals surface area contributed by atoms with Crippen LogP contribution in [0.3, 0.4) is 0 Å². The maximum absolute atomic E-state index is 12.7. The molecule has 0 N–H and O–H groups in total. The zero-order valence-corrected chi connectivity index (χ0v) is 19.1. The van der Waals surface area contributed by atoms with Crippen LogP contribution in [0.1, 0.15) is 53.5 Å². The van der Waals surface area contributed by atoms with Crippen LogP contribution in [0.15, 0.2) is 40.0 Å². The Hall–Kier alpha value is -2.54. The second kappa shape index (κ2) is 9.98. The van der Waals surface area contributed by atoms with Crippen LogP contribution in [-0.4, -0.2) is 26.3 Å². The number of benzene rings is 1. The average Bonchev–Trinajstić information content (AvgIpc) is 3.27. The van der Waals surface area contributed by atoms with Crippen LogP contribution in [-0.2, 0) is 13.2 Å². The summed E-state index contributed by atoms with van der Waals surface area (Å²) < 4.78 is 13.5. The van der Waals surface area contributed by atoms with Crippen LogP contribution < -0.4 is 4.74 Å². The Morgan fingerprint density at radius 2 is 2.00 bits per heavy atom. The molecule has 3 rings (SSSR count). The van der Waals surface area contributed by atoms with Gasteiger partial charge in [0.25, 0.3) is 11.1 Å². The van der Waals surface area contributed by atoms with Gasteiger partial charge in [0.2, 0.25) is 0 Å². The lowest BCUT2D eigenvalue weighted by Gasteiger charge is -2.11. The predicted octanol–water partition coefficient (Wildman–Crippen LogP) is 5.40. The lowest BCUT2D eigenvalue weighted by atomic mass is 10.1. The Bertz CT molecular complexity index is 1010. The first kappa shape index (κ1) is 22.2. The van der Waals surface area contributed by atoms with Gasteiger partial charge in [-0.25, -0.2) is 0 Å². The molecular weight excluding hydrogens is 398 g/mol. The van der Waals surface area contributed by atoms with Crippen molar-refractivity contribution in [3.63, 3.8) is 0 Å². The molecule has 0 spiro atoms. The summed E-state index contributed by atoms with van der Waals surface area (Å²) >= 11 is 1.26. The molecule has 2 heterocycles. The van der Waals surface area contributed by atoms with Crippen LogP contribution in [0, 0.1) is 26.7 Å². The molecule has 3 aromatic rings. The van der Waals surface area contributed by atoms with E-state index >= 15 is 0 Å². The molecule has 2 aromatic heterocycles. The second-order valence-corrected chi connectivity index (χ2v) is 8.82. The van der Waals surface area contributed by atoms with E-state index in [1.807, 2.05) is 44.2 Å².